The molecule has 1 atom stereocenters. The van der Waals surface area contributed by atoms with E-state index in [1.165, 1.54) is 12.0 Å². The van der Waals surface area contributed by atoms with Crippen molar-refractivity contribution in [3.63, 3.8) is 0 Å². The molecule has 0 saturated carbocycles. The van der Waals surface area contributed by atoms with Gasteiger partial charge in [-0.2, -0.15) is 0 Å². The summed E-state index contributed by atoms with van der Waals surface area (Å²) in [6.45, 7) is 1.87. The molecule has 1 unspecified atom stereocenters. The SMILES string of the molecule is NCCC1(c2ccccc2)CCN1. The molecule has 0 radical (unpaired) electrons. The van der Waals surface area contributed by atoms with Gasteiger partial charge in [0.1, 0.15) is 0 Å². The van der Waals surface area contributed by atoms with Crippen molar-refractivity contribution in [3.05, 3.63) is 35.9 Å². The quantitative estimate of drug-likeness (QED) is 0.727. The summed E-state index contributed by atoms with van der Waals surface area (Å²) in [5.74, 6) is 0. The molecule has 3 N–H and O–H groups in total. The van der Waals surface area contributed by atoms with Crippen LogP contribution in [0.15, 0.2) is 30.3 Å². The molecule has 13 heavy (non-hydrogen) atoms. The van der Waals surface area contributed by atoms with Crippen LogP contribution in [0.25, 0.3) is 0 Å². The zero-order chi connectivity index (χ0) is 9.15. The fourth-order valence-corrected chi connectivity index (χ4v) is 2.03. The minimum Gasteiger partial charge on any atom is -0.330 e. The van der Waals surface area contributed by atoms with Crippen LogP contribution in [0.2, 0.25) is 0 Å². The van der Waals surface area contributed by atoms with Gasteiger partial charge in [-0.15, -0.1) is 0 Å². The van der Waals surface area contributed by atoms with Gasteiger partial charge < -0.3 is 11.1 Å². The van der Waals surface area contributed by atoms with E-state index in [0.29, 0.717) is 0 Å². The van der Waals surface area contributed by atoms with Crippen LogP contribution in [0.5, 0.6) is 0 Å². The molecule has 0 spiro atoms. The summed E-state index contributed by atoms with van der Waals surface area (Å²) < 4.78 is 0. The lowest BCUT2D eigenvalue weighted by molar-refractivity contribution is 0.196. The number of hydrogen-bond donors (Lipinski definition) is 2. The van der Waals surface area contributed by atoms with Gasteiger partial charge in [-0.05, 0) is 31.5 Å². The van der Waals surface area contributed by atoms with E-state index >= 15 is 0 Å². The highest BCUT2D eigenvalue weighted by atomic mass is 15.0. The molecule has 1 aromatic rings. The molecule has 0 aromatic heterocycles. The van der Waals surface area contributed by atoms with Gasteiger partial charge in [-0.3, -0.25) is 0 Å². The molecule has 2 rings (SSSR count). The topological polar surface area (TPSA) is 38.0 Å². The highest BCUT2D eigenvalue weighted by Crippen LogP contribution is 2.33. The van der Waals surface area contributed by atoms with Gasteiger partial charge in [0.2, 0.25) is 0 Å². The van der Waals surface area contributed by atoms with Crippen LogP contribution in [0, 0.1) is 0 Å². The standard InChI is InChI=1S/C11H16N2/c12-8-6-11(7-9-13-11)10-4-2-1-3-5-10/h1-5,13H,6-9,12H2. The largest absolute Gasteiger partial charge is 0.330 e. The van der Waals surface area contributed by atoms with Crippen LogP contribution in [-0.4, -0.2) is 13.1 Å². The Bertz CT molecular complexity index is 265. The van der Waals surface area contributed by atoms with E-state index in [4.69, 9.17) is 5.73 Å². The summed E-state index contributed by atoms with van der Waals surface area (Å²) in [4.78, 5) is 0. The molecule has 2 nitrogen and oxygen atoms in total. The van der Waals surface area contributed by atoms with Crippen molar-refractivity contribution in [1.82, 2.24) is 5.32 Å². The Balaban J connectivity index is 2.22. The molecule has 1 fully saturated rings. The molecule has 0 amide bonds. The number of nitrogens with two attached hydrogens (primary N) is 1. The van der Waals surface area contributed by atoms with Gasteiger partial charge in [0.15, 0.2) is 0 Å². The lowest BCUT2D eigenvalue weighted by atomic mass is 9.78. The number of rotatable bonds is 3. The van der Waals surface area contributed by atoms with Gasteiger partial charge >= 0.3 is 0 Å². The van der Waals surface area contributed by atoms with Crippen LogP contribution >= 0.6 is 0 Å². The van der Waals surface area contributed by atoms with Crippen LogP contribution in [0.1, 0.15) is 18.4 Å². The zero-order valence-corrected chi connectivity index (χ0v) is 7.79. The van der Waals surface area contributed by atoms with E-state index in [2.05, 4.69) is 35.6 Å². The first-order chi connectivity index (χ1) is 6.37. The molecule has 0 aliphatic carbocycles. The van der Waals surface area contributed by atoms with Gasteiger partial charge in [-0.25, -0.2) is 0 Å². The second-order valence-corrected chi connectivity index (χ2v) is 3.66. The van der Waals surface area contributed by atoms with Crippen molar-refractivity contribution >= 4 is 0 Å². The Kier molecular flexibility index (Phi) is 2.34. The van der Waals surface area contributed by atoms with Gasteiger partial charge in [-0.1, -0.05) is 30.3 Å². The third kappa shape index (κ3) is 1.47. The van der Waals surface area contributed by atoms with Gasteiger partial charge in [0, 0.05) is 5.54 Å². The molecule has 1 aliphatic heterocycles. The summed E-state index contributed by atoms with van der Waals surface area (Å²) >= 11 is 0. The second kappa shape index (κ2) is 3.48. The number of hydrogen-bond acceptors (Lipinski definition) is 2. The van der Waals surface area contributed by atoms with Crippen molar-refractivity contribution in [2.24, 2.45) is 5.73 Å². The molecule has 0 bridgehead atoms. The monoisotopic (exact) mass is 176 g/mol. The minimum atomic E-state index is 0.190. The highest BCUT2D eigenvalue weighted by Gasteiger charge is 2.36. The van der Waals surface area contributed by atoms with E-state index < -0.39 is 0 Å². The Morgan fingerprint density at radius 2 is 2.00 bits per heavy atom. The van der Waals surface area contributed by atoms with Gasteiger partial charge in [0.05, 0.1) is 0 Å². The Morgan fingerprint density at radius 1 is 1.31 bits per heavy atom. The van der Waals surface area contributed by atoms with E-state index in [-0.39, 0.29) is 5.54 Å². The molecule has 2 heteroatoms. The van der Waals surface area contributed by atoms with E-state index in [0.717, 1.165) is 19.5 Å². The molecule has 70 valence electrons. The average Bonchev–Trinajstić information content (AvgIpc) is 2.13. The fraction of sp³-hybridized carbons (Fsp3) is 0.455. The van der Waals surface area contributed by atoms with Gasteiger partial charge in [0.25, 0.3) is 0 Å². The maximum absolute atomic E-state index is 5.62. The molecule has 1 aromatic carbocycles. The molecule has 1 heterocycles. The third-order valence-electron chi connectivity index (χ3n) is 2.91. The first-order valence-electron chi connectivity index (χ1n) is 4.88. The minimum absolute atomic E-state index is 0.190. The summed E-state index contributed by atoms with van der Waals surface area (Å²) in [6.07, 6.45) is 2.26. The number of benzene rings is 1. The Hall–Kier alpha value is -0.860. The summed E-state index contributed by atoms with van der Waals surface area (Å²) in [7, 11) is 0. The van der Waals surface area contributed by atoms with Crippen molar-refractivity contribution < 1.29 is 0 Å². The molecule has 1 saturated heterocycles. The maximum Gasteiger partial charge on any atom is 0.0458 e. The fourth-order valence-electron chi connectivity index (χ4n) is 2.03. The smallest absolute Gasteiger partial charge is 0.0458 e. The Labute approximate surface area is 79.1 Å². The van der Waals surface area contributed by atoms with E-state index in [1.807, 2.05) is 0 Å². The zero-order valence-electron chi connectivity index (χ0n) is 7.79. The van der Waals surface area contributed by atoms with Crippen LogP contribution in [-0.2, 0) is 5.54 Å². The summed E-state index contributed by atoms with van der Waals surface area (Å²) in [5.41, 5.74) is 7.19. The second-order valence-electron chi connectivity index (χ2n) is 3.66. The lowest BCUT2D eigenvalue weighted by Gasteiger charge is -2.44. The predicted octanol–water partition coefficient (Wildman–Crippen LogP) is 1.22. The van der Waals surface area contributed by atoms with E-state index in [1.54, 1.807) is 0 Å². The molecule has 1 aliphatic rings. The maximum atomic E-state index is 5.62. The van der Waals surface area contributed by atoms with Crippen molar-refractivity contribution in [3.8, 4) is 0 Å². The van der Waals surface area contributed by atoms with Crippen LogP contribution in [0.3, 0.4) is 0 Å². The van der Waals surface area contributed by atoms with Crippen LogP contribution < -0.4 is 11.1 Å². The van der Waals surface area contributed by atoms with Crippen molar-refractivity contribution in [2.75, 3.05) is 13.1 Å². The van der Waals surface area contributed by atoms with Crippen LogP contribution in [0.4, 0.5) is 0 Å². The molecular weight excluding hydrogens is 160 g/mol. The van der Waals surface area contributed by atoms with Crippen molar-refractivity contribution in [2.45, 2.75) is 18.4 Å². The first-order valence-corrected chi connectivity index (χ1v) is 4.88. The predicted molar refractivity (Wildman–Crippen MR) is 54.4 cm³/mol. The molecular formula is C11H16N2. The summed E-state index contributed by atoms with van der Waals surface area (Å²) in [6, 6.07) is 10.6. The Morgan fingerprint density at radius 3 is 2.46 bits per heavy atom. The number of nitrogens with one attached hydrogen (secondary N) is 1. The normalized spacial score (nSPS) is 26.8. The lowest BCUT2D eigenvalue weighted by Crippen LogP contribution is -2.55. The van der Waals surface area contributed by atoms with Crippen molar-refractivity contribution in [1.29, 1.82) is 0 Å². The summed E-state index contributed by atoms with van der Waals surface area (Å²) in [5, 5.41) is 3.50. The average molecular weight is 176 g/mol. The van der Waals surface area contributed by atoms with E-state index in [9.17, 15) is 0 Å². The third-order valence-corrected chi connectivity index (χ3v) is 2.91. The highest BCUT2D eigenvalue weighted by molar-refractivity contribution is 5.27. The first kappa shape index (κ1) is 8.73.